The second kappa shape index (κ2) is 3.03. The number of hydrogen-bond acceptors (Lipinski definition) is 2. The summed E-state index contributed by atoms with van der Waals surface area (Å²) < 4.78 is 36.6. The maximum Gasteiger partial charge on any atom is 0.211 e. The largest absolute Gasteiger partial charge is 0.212 e. The molecule has 0 fully saturated rings. The minimum Gasteiger partial charge on any atom is -0.212 e. The van der Waals surface area contributed by atoms with Gasteiger partial charge in [0, 0.05) is 13.1 Å². The van der Waals surface area contributed by atoms with E-state index < -0.39 is 10.0 Å². The van der Waals surface area contributed by atoms with Gasteiger partial charge in [-0.05, 0) is 23.3 Å². The molecule has 0 atom stereocenters. The molecule has 1 aliphatic rings. The van der Waals surface area contributed by atoms with E-state index in [1.807, 2.05) is 0 Å². The summed E-state index contributed by atoms with van der Waals surface area (Å²) in [6, 6.07) is 4.38. The third-order valence-electron chi connectivity index (χ3n) is 2.33. The first-order valence-electron chi connectivity index (χ1n) is 4.19. The minimum absolute atomic E-state index is 0.284. The Kier molecular flexibility index (Phi) is 2.08. The third-order valence-corrected chi connectivity index (χ3v) is 3.53. The van der Waals surface area contributed by atoms with Gasteiger partial charge in [0.1, 0.15) is 5.82 Å². The molecular formula is C9H10FNO2S. The zero-order valence-electron chi connectivity index (χ0n) is 7.70. The SMILES string of the molecule is CS(=O)(=O)N1Cc2ccc(F)cc2C1. The molecular weight excluding hydrogens is 205 g/mol. The molecule has 1 aliphatic heterocycles. The van der Waals surface area contributed by atoms with Crippen molar-refractivity contribution in [1.82, 2.24) is 4.31 Å². The normalized spacial score (nSPS) is 17.0. The molecule has 0 amide bonds. The van der Waals surface area contributed by atoms with Crippen LogP contribution in [0, 0.1) is 5.82 Å². The van der Waals surface area contributed by atoms with Gasteiger partial charge in [0.15, 0.2) is 0 Å². The van der Waals surface area contributed by atoms with Gasteiger partial charge in [-0.25, -0.2) is 12.8 Å². The molecule has 0 N–H and O–H groups in total. The maximum absolute atomic E-state index is 12.8. The van der Waals surface area contributed by atoms with Crippen molar-refractivity contribution in [3.63, 3.8) is 0 Å². The number of hydrogen-bond donors (Lipinski definition) is 0. The molecule has 14 heavy (non-hydrogen) atoms. The van der Waals surface area contributed by atoms with Crippen molar-refractivity contribution in [2.75, 3.05) is 6.26 Å². The van der Waals surface area contributed by atoms with E-state index in [2.05, 4.69) is 0 Å². The molecule has 0 bridgehead atoms. The zero-order valence-corrected chi connectivity index (χ0v) is 8.51. The summed E-state index contributed by atoms with van der Waals surface area (Å²) in [6.07, 6.45) is 1.16. The predicted octanol–water partition coefficient (Wildman–Crippen LogP) is 1.10. The van der Waals surface area contributed by atoms with E-state index in [9.17, 15) is 12.8 Å². The van der Waals surface area contributed by atoms with E-state index in [1.54, 1.807) is 6.07 Å². The first-order valence-corrected chi connectivity index (χ1v) is 6.04. The number of halogens is 1. The average Bonchev–Trinajstić information content (AvgIpc) is 2.45. The summed E-state index contributed by atoms with van der Waals surface area (Å²) in [6.45, 7) is 0.639. The van der Waals surface area contributed by atoms with E-state index in [1.165, 1.54) is 16.4 Å². The second-order valence-corrected chi connectivity index (χ2v) is 5.43. The van der Waals surface area contributed by atoms with E-state index in [0.29, 0.717) is 6.54 Å². The van der Waals surface area contributed by atoms with E-state index in [0.717, 1.165) is 17.4 Å². The summed E-state index contributed by atoms with van der Waals surface area (Å²) >= 11 is 0. The van der Waals surface area contributed by atoms with Gasteiger partial charge in [0.05, 0.1) is 6.26 Å². The van der Waals surface area contributed by atoms with Crippen LogP contribution in [0.1, 0.15) is 11.1 Å². The molecule has 0 aliphatic carbocycles. The Hall–Kier alpha value is -0.940. The number of fused-ring (bicyclic) bond motifs is 1. The summed E-state index contributed by atoms with van der Waals surface area (Å²) in [5.74, 6) is -0.320. The first kappa shape index (κ1) is 9.61. The molecule has 0 spiro atoms. The summed E-state index contributed by atoms with van der Waals surface area (Å²) in [7, 11) is -3.17. The molecule has 0 unspecified atom stereocenters. The van der Waals surface area contributed by atoms with Gasteiger partial charge >= 0.3 is 0 Å². The Bertz CT molecular complexity index is 470. The Morgan fingerprint density at radius 2 is 1.93 bits per heavy atom. The van der Waals surface area contributed by atoms with Crippen LogP contribution in [-0.4, -0.2) is 19.0 Å². The highest BCUT2D eigenvalue weighted by molar-refractivity contribution is 7.88. The Morgan fingerprint density at radius 3 is 2.57 bits per heavy atom. The molecule has 0 aromatic heterocycles. The lowest BCUT2D eigenvalue weighted by Crippen LogP contribution is -2.23. The summed E-state index contributed by atoms with van der Waals surface area (Å²) in [5, 5.41) is 0. The zero-order chi connectivity index (χ0) is 10.3. The predicted molar refractivity (Wildman–Crippen MR) is 50.5 cm³/mol. The lowest BCUT2D eigenvalue weighted by atomic mass is 10.1. The standard InChI is InChI=1S/C9H10FNO2S/c1-14(12,13)11-5-7-2-3-9(10)4-8(7)6-11/h2-4H,5-6H2,1H3. The fourth-order valence-electron chi connectivity index (χ4n) is 1.57. The van der Waals surface area contributed by atoms with E-state index in [-0.39, 0.29) is 12.4 Å². The van der Waals surface area contributed by atoms with Crippen LogP contribution in [0.2, 0.25) is 0 Å². The van der Waals surface area contributed by atoms with Gasteiger partial charge < -0.3 is 0 Å². The summed E-state index contributed by atoms with van der Waals surface area (Å²) in [4.78, 5) is 0. The lowest BCUT2D eigenvalue weighted by Gasteiger charge is -2.10. The molecule has 3 nitrogen and oxygen atoms in total. The van der Waals surface area contributed by atoms with Crippen molar-refractivity contribution < 1.29 is 12.8 Å². The number of rotatable bonds is 1. The van der Waals surface area contributed by atoms with Crippen LogP contribution in [0.5, 0.6) is 0 Å². The second-order valence-electron chi connectivity index (χ2n) is 3.44. The van der Waals surface area contributed by atoms with Gasteiger partial charge in [0.25, 0.3) is 0 Å². The van der Waals surface area contributed by atoms with Crippen molar-refractivity contribution >= 4 is 10.0 Å². The smallest absolute Gasteiger partial charge is 0.211 e. The van der Waals surface area contributed by atoms with Crippen LogP contribution in [0.25, 0.3) is 0 Å². The van der Waals surface area contributed by atoms with Crippen LogP contribution in [0.3, 0.4) is 0 Å². The highest BCUT2D eigenvalue weighted by Gasteiger charge is 2.25. The van der Waals surface area contributed by atoms with Crippen LogP contribution in [-0.2, 0) is 23.1 Å². The molecule has 0 radical (unpaired) electrons. The van der Waals surface area contributed by atoms with Crippen LogP contribution in [0.4, 0.5) is 4.39 Å². The number of sulfonamides is 1. The van der Waals surface area contributed by atoms with Crippen LogP contribution >= 0.6 is 0 Å². The Morgan fingerprint density at radius 1 is 1.29 bits per heavy atom. The highest BCUT2D eigenvalue weighted by Crippen LogP contribution is 2.25. The monoisotopic (exact) mass is 215 g/mol. The molecule has 76 valence electrons. The molecule has 5 heteroatoms. The minimum atomic E-state index is -3.17. The van der Waals surface area contributed by atoms with E-state index >= 15 is 0 Å². The van der Waals surface area contributed by atoms with Crippen LogP contribution < -0.4 is 0 Å². The Balaban J connectivity index is 2.35. The first-order chi connectivity index (χ1) is 6.47. The highest BCUT2D eigenvalue weighted by atomic mass is 32.2. The fraction of sp³-hybridized carbons (Fsp3) is 0.333. The number of benzene rings is 1. The van der Waals surface area contributed by atoms with Crippen molar-refractivity contribution in [2.24, 2.45) is 0 Å². The van der Waals surface area contributed by atoms with Gasteiger partial charge in [-0.3, -0.25) is 0 Å². The molecule has 1 aromatic rings. The van der Waals surface area contributed by atoms with Crippen molar-refractivity contribution in [1.29, 1.82) is 0 Å². The van der Waals surface area contributed by atoms with Crippen molar-refractivity contribution in [3.8, 4) is 0 Å². The van der Waals surface area contributed by atoms with Gasteiger partial charge in [-0.15, -0.1) is 0 Å². The molecule has 2 rings (SSSR count). The van der Waals surface area contributed by atoms with Crippen LogP contribution in [0.15, 0.2) is 18.2 Å². The maximum atomic E-state index is 12.8. The van der Waals surface area contributed by atoms with Gasteiger partial charge in [0.2, 0.25) is 10.0 Å². The lowest BCUT2D eigenvalue weighted by molar-refractivity contribution is 0.436. The van der Waals surface area contributed by atoms with Gasteiger partial charge in [-0.2, -0.15) is 4.31 Å². The van der Waals surface area contributed by atoms with E-state index in [4.69, 9.17) is 0 Å². The topological polar surface area (TPSA) is 37.4 Å². The fourth-order valence-corrected chi connectivity index (χ4v) is 2.31. The molecule has 1 heterocycles. The molecule has 0 saturated heterocycles. The molecule has 1 aromatic carbocycles. The third kappa shape index (κ3) is 1.65. The Labute approximate surface area is 82.2 Å². The molecule has 0 saturated carbocycles. The quantitative estimate of drug-likeness (QED) is 0.703. The average molecular weight is 215 g/mol. The summed E-state index contributed by atoms with van der Waals surface area (Å²) in [5.41, 5.74) is 1.65. The van der Waals surface area contributed by atoms with Crippen molar-refractivity contribution in [2.45, 2.75) is 13.1 Å². The van der Waals surface area contributed by atoms with Crippen molar-refractivity contribution in [3.05, 3.63) is 35.1 Å². The van der Waals surface area contributed by atoms with Gasteiger partial charge in [-0.1, -0.05) is 6.07 Å². The number of nitrogens with zero attached hydrogens (tertiary/aromatic N) is 1.